The van der Waals surface area contributed by atoms with Crippen molar-refractivity contribution < 1.29 is 23.8 Å². The van der Waals surface area contributed by atoms with Crippen LogP contribution in [0.1, 0.15) is 10.5 Å². The minimum atomic E-state index is -0.864. The maximum absolute atomic E-state index is 11.9. The highest BCUT2D eigenvalue weighted by Crippen LogP contribution is 2.31. The van der Waals surface area contributed by atoms with Gasteiger partial charge in [-0.2, -0.15) is 0 Å². The van der Waals surface area contributed by atoms with Gasteiger partial charge in [0.15, 0.2) is 18.1 Å². The number of Topliss-reactive ketones (excluding diaryl/α,β-unsaturated/α-hetero) is 1. The van der Waals surface area contributed by atoms with Gasteiger partial charge in [-0.25, -0.2) is 4.79 Å². The van der Waals surface area contributed by atoms with E-state index in [0.717, 1.165) is 0 Å². The molecule has 1 aromatic carbocycles. The molecular weight excluding hydrogens is 274 g/mol. The molecule has 0 saturated heterocycles. The van der Waals surface area contributed by atoms with E-state index in [0.29, 0.717) is 17.2 Å². The molecule has 6 heteroatoms. The van der Waals surface area contributed by atoms with E-state index < -0.39 is 12.1 Å². The maximum atomic E-state index is 11.9. The highest BCUT2D eigenvalue weighted by molar-refractivity contribution is 5.96. The van der Waals surface area contributed by atoms with Gasteiger partial charge in [0.25, 0.3) is 0 Å². The Bertz CT molecular complexity index is 650. The topological polar surface area (TPSA) is 77.6 Å². The van der Waals surface area contributed by atoms with Crippen LogP contribution in [0.4, 0.5) is 0 Å². The number of aromatic amines is 1. The first-order valence-corrected chi connectivity index (χ1v) is 6.46. The second-order valence-electron chi connectivity index (χ2n) is 4.48. The summed E-state index contributed by atoms with van der Waals surface area (Å²) in [5.41, 5.74) is 0.397. The monoisotopic (exact) mass is 287 g/mol. The van der Waals surface area contributed by atoms with Crippen molar-refractivity contribution in [3.05, 3.63) is 48.3 Å². The van der Waals surface area contributed by atoms with E-state index in [1.807, 2.05) is 6.07 Å². The minimum absolute atomic E-state index is 0.0620. The summed E-state index contributed by atoms with van der Waals surface area (Å²) in [4.78, 5) is 26.4. The number of benzene rings is 1. The van der Waals surface area contributed by atoms with Crippen LogP contribution < -0.4 is 9.47 Å². The lowest BCUT2D eigenvalue weighted by Crippen LogP contribution is -2.38. The average Bonchev–Trinajstić information content (AvgIpc) is 3.06. The number of carbonyl (C=O) groups excluding carboxylic acids is 2. The molecule has 108 valence electrons. The smallest absolute Gasteiger partial charge is 0.351 e. The molecule has 3 rings (SSSR count). The van der Waals surface area contributed by atoms with Gasteiger partial charge in [0.2, 0.25) is 11.9 Å². The molecule has 2 aromatic rings. The molecule has 2 heterocycles. The zero-order valence-electron chi connectivity index (χ0n) is 11.1. The molecule has 0 unspecified atom stereocenters. The van der Waals surface area contributed by atoms with E-state index >= 15 is 0 Å². The van der Waals surface area contributed by atoms with E-state index in [1.54, 1.807) is 36.5 Å². The Morgan fingerprint density at radius 1 is 1.19 bits per heavy atom. The van der Waals surface area contributed by atoms with Crippen molar-refractivity contribution in [3.63, 3.8) is 0 Å². The quantitative estimate of drug-likeness (QED) is 0.682. The van der Waals surface area contributed by atoms with Crippen molar-refractivity contribution in [1.29, 1.82) is 0 Å². The van der Waals surface area contributed by atoms with Gasteiger partial charge in [0, 0.05) is 6.20 Å². The molecule has 1 aromatic heterocycles. The number of nitrogens with one attached hydrogen (secondary N) is 1. The Morgan fingerprint density at radius 3 is 2.76 bits per heavy atom. The van der Waals surface area contributed by atoms with Crippen LogP contribution in [0.5, 0.6) is 11.5 Å². The number of aromatic nitrogens is 1. The molecule has 0 spiro atoms. The fraction of sp³-hybridized carbons (Fsp3) is 0.200. The van der Waals surface area contributed by atoms with Gasteiger partial charge < -0.3 is 19.2 Å². The number of para-hydroxylation sites is 2. The van der Waals surface area contributed by atoms with Crippen LogP contribution in [-0.4, -0.2) is 36.1 Å². The lowest BCUT2D eigenvalue weighted by Gasteiger charge is -2.24. The molecule has 1 atom stereocenters. The van der Waals surface area contributed by atoms with Crippen molar-refractivity contribution in [2.45, 2.75) is 6.10 Å². The summed E-state index contributed by atoms with van der Waals surface area (Å²) in [5, 5.41) is 0. The molecule has 0 bridgehead atoms. The highest BCUT2D eigenvalue weighted by atomic mass is 16.6. The van der Waals surface area contributed by atoms with E-state index in [1.165, 1.54) is 0 Å². The van der Waals surface area contributed by atoms with Crippen LogP contribution >= 0.6 is 0 Å². The van der Waals surface area contributed by atoms with Crippen molar-refractivity contribution in [3.8, 4) is 11.5 Å². The predicted molar refractivity (Wildman–Crippen MR) is 72.4 cm³/mol. The van der Waals surface area contributed by atoms with Gasteiger partial charge in [0.1, 0.15) is 6.61 Å². The third-order valence-corrected chi connectivity index (χ3v) is 3.02. The van der Waals surface area contributed by atoms with Gasteiger partial charge >= 0.3 is 5.97 Å². The van der Waals surface area contributed by atoms with Crippen molar-refractivity contribution in [2.75, 3.05) is 13.2 Å². The average molecular weight is 287 g/mol. The first kappa shape index (κ1) is 13.2. The Kier molecular flexibility index (Phi) is 3.59. The molecule has 1 aliphatic rings. The van der Waals surface area contributed by atoms with Gasteiger partial charge in [-0.1, -0.05) is 12.1 Å². The molecule has 21 heavy (non-hydrogen) atoms. The Labute approximate surface area is 120 Å². The first-order chi connectivity index (χ1) is 10.2. The number of H-pyrrole nitrogens is 1. The number of hydrogen-bond acceptors (Lipinski definition) is 5. The summed E-state index contributed by atoms with van der Waals surface area (Å²) in [5.74, 6) is 0.153. The van der Waals surface area contributed by atoms with Gasteiger partial charge in [-0.3, -0.25) is 4.79 Å². The normalized spacial score (nSPS) is 16.3. The van der Waals surface area contributed by atoms with Crippen LogP contribution in [0.3, 0.4) is 0 Å². The van der Waals surface area contributed by atoms with Gasteiger partial charge in [0.05, 0.1) is 5.69 Å². The lowest BCUT2D eigenvalue weighted by atomic mass is 10.2. The fourth-order valence-corrected chi connectivity index (χ4v) is 1.95. The zero-order chi connectivity index (χ0) is 14.7. The molecule has 0 saturated carbocycles. The Hall–Kier alpha value is -2.76. The number of hydrogen-bond donors (Lipinski definition) is 1. The Morgan fingerprint density at radius 2 is 2.00 bits per heavy atom. The van der Waals surface area contributed by atoms with Crippen LogP contribution in [0, 0.1) is 0 Å². The molecule has 0 fully saturated rings. The Balaban J connectivity index is 1.56. The number of ketones is 1. The first-order valence-electron chi connectivity index (χ1n) is 6.46. The molecule has 6 nitrogen and oxygen atoms in total. The van der Waals surface area contributed by atoms with Gasteiger partial charge in [-0.15, -0.1) is 0 Å². The molecule has 1 N–H and O–H groups in total. The summed E-state index contributed by atoms with van der Waals surface area (Å²) in [6.45, 7) is -0.270. The summed E-state index contributed by atoms with van der Waals surface area (Å²) in [7, 11) is 0. The van der Waals surface area contributed by atoms with E-state index in [4.69, 9.17) is 14.2 Å². The van der Waals surface area contributed by atoms with Crippen LogP contribution in [0.15, 0.2) is 42.6 Å². The second-order valence-corrected chi connectivity index (χ2v) is 4.48. The van der Waals surface area contributed by atoms with Crippen LogP contribution in [-0.2, 0) is 9.53 Å². The number of ether oxygens (including phenoxy) is 3. The molecule has 0 radical (unpaired) electrons. The van der Waals surface area contributed by atoms with E-state index in [2.05, 4.69) is 4.98 Å². The predicted octanol–water partition coefficient (Wildman–Crippen LogP) is 1.58. The lowest BCUT2D eigenvalue weighted by molar-refractivity contribution is -0.153. The SMILES string of the molecule is O=C(COC(=O)[C@@H]1COc2ccccc2O1)c1ccc[nH]1. The van der Waals surface area contributed by atoms with Gasteiger partial charge in [-0.05, 0) is 24.3 Å². The van der Waals surface area contributed by atoms with Crippen molar-refractivity contribution in [1.82, 2.24) is 4.98 Å². The maximum Gasteiger partial charge on any atom is 0.351 e. The minimum Gasteiger partial charge on any atom is -0.485 e. The summed E-state index contributed by atoms with van der Waals surface area (Å²) >= 11 is 0. The van der Waals surface area contributed by atoms with E-state index in [9.17, 15) is 9.59 Å². The number of fused-ring (bicyclic) bond motifs is 1. The standard InChI is InChI=1S/C15H13NO5/c17-11(10-4-3-7-16-10)8-20-15(18)14-9-19-12-5-1-2-6-13(12)21-14/h1-7,14,16H,8-9H2/t14-/m0/s1. The molecule has 0 aliphatic carbocycles. The van der Waals surface area contributed by atoms with Crippen LogP contribution in [0.2, 0.25) is 0 Å². The van der Waals surface area contributed by atoms with Crippen molar-refractivity contribution >= 4 is 11.8 Å². The third kappa shape index (κ3) is 2.89. The summed E-state index contributed by atoms with van der Waals surface area (Å²) in [6.07, 6.45) is 0.765. The summed E-state index contributed by atoms with van der Waals surface area (Å²) in [6, 6.07) is 10.4. The zero-order valence-corrected chi connectivity index (χ0v) is 11.1. The summed E-state index contributed by atoms with van der Waals surface area (Å²) < 4.78 is 15.9. The third-order valence-electron chi connectivity index (χ3n) is 3.02. The second kappa shape index (κ2) is 5.70. The number of carbonyl (C=O) groups is 2. The largest absolute Gasteiger partial charge is 0.485 e. The molecule has 1 aliphatic heterocycles. The molecule has 0 amide bonds. The van der Waals surface area contributed by atoms with Crippen LogP contribution in [0.25, 0.3) is 0 Å². The number of rotatable bonds is 4. The van der Waals surface area contributed by atoms with E-state index in [-0.39, 0.29) is 19.0 Å². The molecular formula is C15H13NO5. The fourth-order valence-electron chi connectivity index (χ4n) is 1.95. The van der Waals surface area contributed by atoms with Crippen molar-refractivity contribution in [2.24, 2.45) is 0 Å². The highest BCUT2D eigenvalue weighted by Gasteiger charge is 2.29. The number of esters is 1.